The first-order valence-electron chi connectivity index (χ1n) is 6.10. The molecule has 102 valence electrons. The normalized spacial score (nSPS) is 17.1. The molecular formula is C14H12BrN3O2. The number of rotatable bonds is 2. The molecule has 0 saturated carbocycles. The number of nitrogens with one attached hydrogen (secondary N) is 1. The molecule has 1 aromatic carbocycles. The van der Waals surface area contributed by atoms with Crippen molar-refractivity contribution < 1.29 is 9.53 Å². The highest BCUT2D eigenvalue weighted by Crippen LogP contribution is 2.34. The van der Waals surface area contributed by atoms with E-state index >= 15 is 0 Å². The summed E-state index contributed by atoms with van der Waals surface area (Å²) in [5.74, 6) is 0.740. The molecule has 1 aliphatic heterocycles. The van der Waals surface area contributed by atoms with Gasteiger partial charge in [0.1, 0.15) is 4.60 Å². The molecule has 1 unspecified atom stereocenters. The SMILES string of the molecule is NCc1cccc(C2Oc3ccc(Br)nc3NC2=O)c1. The standard InChI is InChI=1S/C14H12BrN3O2/c15-11-5-4-10-13(17-11)18-14(19)12(20-10)9-3-1-2-8(6-9)7-16/h1-6,12H,7,16H2,(H,17,18,19). The Morgan fingerprint density at radius 2 is 2.20 bits per heavy atom. The van der Waals surface area contributed by atoms with E-state index in [2.05, 4.69) is 26.2 Å². The number of nitrogens with zero attached hydrogens (tertiary/aromatic N) is 1. The third-order valence-corrected chi connectivity index (χ3v) is 3.48. The molecule has 0 saturated heterocycles. The van der Waals surface area contributed by atoms with E-state index in [1.54, 1.807) is 12.1 Å². The van der Waals surface area contributed by atoms with Crippen LogP contribution in [-0.2, 0) is 11.3 Å². The van der Waals surface area contributed by atoms with Crippen molar-refractivity contribution in [3.05, 3.63) is 52.1 Å². The second-order valence-electron chi connectivity index (χ2n) is 4.42. The van der Waals surface area contributed by atoms with E-state index in [1.165, 1.54) is 0 Å². The summed E-state index contributed by atoms with van der Waals surface area (Å²) in [7, 11) is 0. The van der Waals surface area contributed by atoms with Crippen molar-refractivity contribution in [2.24, 2.45) is 5.73 Å². The average molecular weight is 334 g/mol. The van der Waals surface area contributed by atoms with Gasteiger partial charge < -0.3 is 15.8 Å². The van der Waals surface area contributed by atoms with Crippen molar-refractivity contribution >= 4 is 27.7 Å². The van der Waals surface area contributed by atoms with Gasteiger partial charge in [0.2, 0.25) is 6.10 Å². The maximum Gasteiger partial charge on any atom is 0.271 e. The first-order chi connectivity index (χ1) is 9.67. The van der Waals surface area contributed by atoms with Gasteiger partial charge >= 0.3 is 0 Å². The Bertz CT molecular complexity index is 675. The van der Waals surface area contributed by atoms with Gasteiger partial charge in [0, 0.05) is 12.1 Å². The van der Waals surface area contributed by atoms with Crippen LogP contribution in [0.5, 0.6) is 5.75 Å². The quantitative estimate of drug-likeness (QED) is 0.827. The van der Waals surface area contributed by atoms with Gasteiger partial charge in [0.15, 0.2) is 11.6 Å². The number of pyridine rings is 1. The summed E-state index contributed by atoms with van der Waals surface area (Å²) in [6, 6.07) is 11.0. The second-order valence-corrected chi connectivity index (χ2v) is 5.23. The summed E-state index contributed by atoms with van der Waals surface area (Å²) in [5.41, 5.74) is 7.35. The number of fused-ring (bicyclic) bond motifs is 1. The zero-order valence-electron chi connectivity index (χ0n) is 10.5. The number of carbonyl (C=O) groups excluding carboxylic acids is 1. The maximum absolute atomic E-state index is 12.1. The van der Waals surface area contributed by atoms with E-state index in [4.69, 9.17) is 10.5 Å². The molecule has 1 amide bonds. The largest absolute Gasteiger partial charge is 0.472 e. The van der Waals surface area contributed by atoms with E-state index in [1.807, 2.05) is 24.3 Å². The van der Waals surface area contributed by atoms with Crippen LogP contribution in [0.25, 0.3) is 0 Å². The van der Waals surface area contributed by atoms with Crippen molar-refractivity contribution in [3.63, 3.8) is 0 Å². The lowest BCUT2D eigenvalue weighted by Crippen LogP contribution is -2.30. The highest BCUT2D eigenvalue weighted by Gasteiger charge is 2.30. The van der Waals surface area contributed by atoms with E-state index < -0.39 is 6.10 Å². The molecule has 0 fully saturated rings. The Morgan fingerprint density at radius 1 is 1.35 bits per heavy atom. The van der Waals surface area contributed by atoms with Crippen LogP contribution in [0.1, 0.15) is 17.2 Å². The monoisotopic (exact) mass is 333 g/mol. The van der Waals surface area contributed by atoms with Gasteiger partial charge in [-0.25, -0.2) is 4.98 Å². The Labute approximate surface area is 124 Å². The molecule has 1 aliphatic rings. The molecule has 1 atom stereocenters. The third kappa shape index (κ3) is 2.39. The lowest BCUT2D eigenvalue weighted by molar-refractivity contribution is -0.123. The predicted molar refractivity (Wildman–Crippen MR) is 78.3 cm³/mol. The number of hydrogen-bond donors (Lipinski definition) is 2. The van der Waals surface area contributed by atoms with Crippen molar-refractivity contribution in [1.82, 2.24) is 4.98 Å². The van der Waals surface area contributed by atoms with Gasteiger partial charge in [0.25, 0.3) is 5.91 Å². The minimum absolute atomic E-state index is 0.239. The number of aromatic nitrogens is 1. The van der Waals surface area contributed by atoms with Crippen LogP contribution in [0.2, 0.25) is 0 Å². The van der Waals surface area contributed by atoms with Crippen LogP contribution in [0, 0.1) is 0 Å². The number of hydrogen-bond acceptors (Lipinski definition) is 4. The molecule has 2 aromatic rings. The van der Waals surface area contributed by atoms with Crippen LogP contribution < -0.4 is 15.8 Å². The minimum atomic E-state index is -0.683. The Hall–Kier alpha value is -1.92. The highest BCUT2D eigenvalue weighted by atomic mass is 79.9. The topological polar surface area (TPSA) is 77.2 Å². The van der Waals surface area contributed by atoms with E-state index in [0.29, 0.717) is 22.7 Å². The maximum atomic E-state index is 12.1. The van der Waals surface area contributed by atoms with Crippen molar-refractivity contribution in [2.75, 3.05) is 5.32 Å². The number of halogens is 1. The van der Waals surface area contributed by atoms with E-state index in [9.17, 15) is 4.79 Å². The molecule has 0 bridgehead atoms. The number of amides is 1. The lowest BCUT2D eigenvalue weighted by Gasteiger charge is -2.25. The molecule has 2 heterocycles. The fourth-order valence-electron chi connectivity index (χ4n) is 2.07. The summed E-state index contributed by atoms with van der Waals surface area (Å²) in [6.45, 7) is 0.424. The van der Waals surface area contributed by atoms with Crippen molar-refractivity contribution in [3.8, 4) is 5.75 Å². The van der Waals surface area contributed by atoms with Crippen LogP contribution in [0.15, 0.2) is 41.0 Å². The van der Waals surface area contributed by atoms with Crippen molar-refractivity contribution in [2.45, 2.75) is 12.6 Å². The molecule has 0 spiro atoms. The van der Waals surface area contributed by atoms with E-state index in [-0.39, 0.29) is 5.91 Å². The molecular weight excluding hydrogens is 322 g/mol. The van der Waals surface area contributed by atoms with E-state index in [0.717, 1.165) is 11.1 Å². The molecule has 0 radical (unpaired) electrons. The summed E-state index contributed by atoms with van der Waals surface area (Å²) < 4.78 is 6.39. The molecule has 6 heteroatoms. The number of nitrogens with two attached hydrogens (primary N) is 1. The predicted octanol–water partition coefficient (Wildman–Crippen LogP) is 2.38. The smallest absolute Gasteiger partial charge is 0.271 e. The Kier molecular flexibility index (Phi) is 3.42. The van der Waals surface area contributed by atoms with Crippen LogP contribution in [0.4, 0.5) is 5.82 Å². The van der Waals surface area contributed by atoms with Crippen LogP contribution >= 0.6 is 15.9 Å². The fraction of sp³-hybridized carbons (Fsp3) is 0.143. The molecule has 20 heavy (non-hydrogen) atoms. The molecule has 1 aromatic heterocycles. The van der Waals surface area contributed by atoms with Gasteiger partial charge in [0.05, 0.1) is 0 Å². The van der Waals surface area contributed by atoms with Gasteiger partial charge in [-0.2, -0.15) is 0 Å². The first kappa shape index (κ1) is 13.1. The lowest BCUT2D eigenvalue weighted by atomic mass is 10.0. The Balaban J connectivity index is 1.95. The van der Waals surface area contributed by atoms with Crippen LogP contribution in [0.3, 0.4) is 0 Å². The number of ether oxygens (including phenoxy) is 1. The minimum Gasteiger partial charge on any atom is -0.472 e. The highest BCUT2D eigenvalue weighted by molar-refractivity contribution is 9.10. The second kappa shape index (κ2) is 5.22. The van der Waals surface area contributed by atoms with Gasteiger partial charge in [-0.3, -0.25) is 4.79 Å². The van der Waals surface area contributed by atoms with Gasteiger partial charge in [-0.05, 0) is 33.6 Å². The molecule has 0 aliphatic carbocycles. The summed E-state index contributed by atoms with van der Waals surface area (Å²) >= 11 is 3.26. The number of benzene rings is 1. The number of carbonyl (C=O) groups is 1. The fourth-order valence-corrected chi connectivity index (χ4v) is 2.38. The van der Waals surface area contributed by atoms with Crippen molar-refractivity contribution in [1.29, 1.82) is 0 Å². The molecule has 3 rings (SSSR count). The third-order valence-electron chi connectivity index (χ3n) is 3.04. The summed E-state index contributed by atoms with van der Waals surface area (Å²) in [5, 5.41) is 2.75. The van der Waals surface area contributed by atoms with Crippen LogP contribution in [-0.4, -0.2) is 10.9 Å². The summed E-state index contributed by atoms with van der Waals surface area (Å²) in [4.78, 5) is 16.3. The summed E-state index contributed by atoms with van der Waals surface area (Å²) in [6.07, 6.45) is -0.683. The number of anilines is 1. The average Bonchev–Trinajstić information content (AvgIpc) is 2.46. The first-order valence-corrected chi connectivity index (χ1v) is 6.89. The Morgan fingerprint density at radius 3 is 3.00 bits per heavy atom. The van der Waals surface area contributed by atoms with Gasteiger partial charge in [-0.1, -0.05) is 24.3 Å². The zero-order chi connectivity index (χ0) is 14.1. The molecule has 5 nitrogen and oxygen atoms in total. The molecule has 3 N–H and O–H groups in total. The van der Waals surface area contributed by atoms with Gasteiger partial charge in [-0.15, -0.1) is 0 Å². The zero-order valence-corrected chi connectivity index (χ0v) is 12.1.